The molecule has 0 unspecified atom stereocenters. The molecule has 0 aliphatic carbocycles. The molecule has 0 aliphatic rings. The van der Waals surface area contributed by atoms with E-state index in [0.717, 1.165) is 5.56 Å². The van der Waals surface area contributed by atoms with Crippen LogP contribution in [0.15, 0.2) is 48.5 Å². The third-order valence-electron chi connectivity index (χ3n) is 3.15. The van der Waals surface area contributed by atoms with E-state index in [0.29, 0.717) is 29.9 Å². The number of hydrogen-bond donors (Lipinski definition) is 0. The number of benzene rings is 2. The summed E-state index contributed by atoms with van der Waals surface area (Å²) >= 11 is 0. The molecule has 0 aliphatic heterocycles. The maximum atomic E-state index is 12.3. The van der Waals surface area contributed by atoms with E-state index < -0.39 is 0 Å². The fraction of sp³-hybridized carbons (Fsp3) is 0.222. The third-order valence-corrected chi connectivity index (χ3v) is 3.15. The van der Waals surface area contributed by atoms with Crippen LogP contribution in [0, 0.1) is 6.92 Å². The van der Waals surface area contributed by atoms with Crippen molar-refractivity contribution in [1.82, 2.24) is 0 Å². The van der Waals surface area contributed by atoms with Crippen LogP contribution in [0.2, 0.25) is 0 Å². The molecule has 0 amide bonds. The first-order valence-electron chi connectivity index (χ1n) is 6.90. The van der Waals surface area contributed by atoms with Crippen LogP contribution in [0.25, 0.3) is 0 Å². The average Bonchev–Trinajstić information content (AvgIpc) is 2.48. The standard InChI is InChI=1S/C18H18O3/c1-13-3-5-15(6-4-13)18(20)16-7-9-17(10-8-16)21-12-11-14(2)19/h3-10H,11-12H2,1-2H3. The monoisotopic (exact) mass is 282 g/mol. The zero-order chi connectivity index (χ0) is 15.2. The van der Waals surface area contributed by atoms with Crippen LogP contribution >= 0.6 is 0 Å². The van der Waals surface area contributed by atoms with Gasteiger partial charge < -0.3 is 4.74 Å². The summed E-state index contributed by atoms with van der Waals surface area (Å²) in [4.78, 5) is 23.1. The minimum absolute atomic E-state index is 0.00899. The molecule has 0 aromatic heterocycles. The van der Waals surface area contributed by atoms with Crippen molar-refractivity contribution in [2.75, 3.05) is 6.61 Å². The maximum Gasteiger partial charge on any atom is 0.193 e. The van der Waals surface area contributed by atoms with Gasteiger partial charge in [-0.25, -0.2) is 0 Å². The van der Waals surface area contributed by atoms with Gasteiger partial charge in [0, 0.05) is 17.5 Å². The van der Waals surface area contributed by atoms with E-state index in [2.05, 4.69) is 0 Å². The lowest BCUT2D eigenvalue weighted by atomic mass is 10.0. The van der Waals surface area contributed by atoms with Gasteiger partial charge in [0.05, 0.1) is 6.61 Å². The highest BCUT2D eigenvalue weighted by Crippen LogP contribution is 2.16. The van der Waals surface area contributed by atoms with Gasteiger partial charge in [0.25, 0.3) is 0 Å². The van der Waals surface area contributed by atoms with Gasteiger partial charge in [0.15, 0.2) is 5.78 Å². The molecule has 2 aromatic rings. The minimum Gasteiger partial charge on any atom is -0.493 e. The van der Waals surface area contributed by atoms with E-state index in [1.54, 1.807) is 24.3 Å². The summed E-state index contributed by atoms with van der Waals surface area (Å²) in [5, 5.41) is 0. The quantitative estimate of drug-likeness (QED) is 0.760. The highest BCUT2D eigenvalue weighted by atomic mass is 16.5. The average molecular weight is 282 g/mol. The molecule has 2 aromatic carbocycles. The van der Waals surface area contributed by atoms with E-state index >= 15 is 0 Å². The zero-order valence-electron chi connectivity index (χ0n) is 12.3. The van der Waals surface area contributed by atoms with E-state index in [1.807, 2.05) is 31.2 Å². The van der Waals surface area contributed by atoms with Crippen molar-refractivity contribution >= 4 is 11.6 Å². The Kier molecular flexibility index (Phi) is 4.88. The molecule has 0 fully saturated rings. The Hall–Kier alpha value is -2.42. The Balaban J connectivity index is 2.02. The Morgan fingerprint density at radius 3 is 1.95 bits per heavy atom. The highest BCUT2D eigenvalue weighted by molar-refractivity contribution is 6.09. The number of carbonyl (C=O) groups is 2. The number of carbonyl (C=O) groups excluding carboxylic acids is 2. The number of aryl methyl sites for hydroxylation is 1. The number of ketones is 2. The lowest BCUT2D eigenvalue weighted by Gasteiger charge is -2.06. The van der Waals surface area contributed by atoms with Gasteiger partial charge in [-0.05, 0) is 38.1 Å². The molecule has 0 heterocycles. The van der Waals surface area contributed by atoms with E-state index in [1.165, 1.54) is 6.92 Å². The van der Waals surface area contributed by atoms with Crippen LogP contribution < -0.4 is 4.74 Å². The van der Waals surface area contributed by atoms with E-state index in [-0.39, 0.29) is 11.6 Å². The van der Waals surface area contributed by atoms with Crippen LogP contribution in [0.4, 0.5) is 0 Å². The van der Waals surface area contributed by atoms with E-state index in [9.17, 15) is 9.59 Å². The summed E-state index contributed by atoms with van der Waals surface area (Å²) in [6, 6.07) is 14.5. The summed E-state index contributed by atoms with van der Waals surface area (Å²) in [5.74, 6) is 0.753. The van der Waals surface area contributed by atoms with Crippen molar-refractivity contribution in [3.63, 3.8) is 0 Å². The van der Waals surface area contributed by atoms with Gasteiger partial charge in [-0.2, -0.15) is 0 Å². The van der Waals surface area contributed by atoms with Crippen molar-refractivity contribution in [3.8, 4) is 5.75 Å². The highest BCUT2D eigenvalue weighted by Gasteiger charge is 2.08. The summed E-state index contributed by atoms with van der Waals surface area (Å²) in [7, 11) is 0. The van der Waals surface area contributed by atoms with Crippen molar-refractivity contribution in [1.29, 1.82) is 0 Å². The molecule has 0 atom stereocenters. The molecule has 2 rings (SSSR count). The minimum atomic E-state index is -0.00899. The Labute approximate surface area is 124 Å². The summed E-state index contributed by atoms with van der Waals surface area (Å²) in [6.45, 7) is 3.88. The largest absolute Gasteiger partial charge is 0.493 e. The van der Waals surface area contributed by atoms with Gasteiger partial charge in [-0.15, -0.1) is 0 Å². The van der Waals surface area contributed by atoms with Crippen LogP contribution in [0.3, 0.4) is 0 Å². The Bertz CT molecular complexity index is 625. The summed E-state index contributed by atoms with van der Waals surface area (Å²) in [5.41, 5.74) is 2.42. The maximum absolute atomic E-state index is 12.3. The Morgan fingerprint density at radius 2 is 1.43 bits per heavy atom. The van der Waals surface area contributed by atoms with E-state index in [4.69, 9.17) is 4.74 Å². The number of Topliss-reactive ketones (excluding diaryl/α,β-unsaturated/α-hetero) is 1. The first-order chi connectivity index (χ1) is 10.1. The second-order valence-electron chi connectivity index (χ2n) is 5.02. The lowest BCUT2D eigenvalue weighted by Crippen LogP contribution is -2.04. The van der Waals surface area contributed by atoms with Gasteiger partial charge in [0.2, 0.25) is 0 Å². The second-order valence-corrected chi connectivity index (χ2v) is 5.02. The number of rotatable bonds is 6. The van der Waals surface area contributed by atoms with Crippen molar-refractivity contribution < 1.29 is 14.3 Å². The normalized spacial score (nSPS) is 10.2. The molecule has 0 N–H and O–H groups in total. The van der Waals surface area contributed by atoms with Crippen LogP contribution in [0.5, 0.6) is 5.75 Å². The SMILES string of the molecule is CC(=O)CCOc1ccc(C(=O)c2ccc(C)cc2)cc1. The zero-order valence-corrected chi connectivity index (χ0v) is 12.3. The lowest BCUT2D eigenvalue weighted by molar-refractivity contribution is -0.117. The first-order valence-corrected chi connectivity index (χ1v) is 6.90. The molecule has 0 saturated carbocycles. The van der Waals surface area contributed by atoms with Crippen LogP contribution in [-0.2, 0) is 4.79 Å². The number of hydrogen-bond acceptors (Lipinski definition) is 3. The van der Waals surface area contributed by atoms with Crippen LogP contribution in [-0.4, -0.2) is 18.2 Å². The van der Waals surface area contributed by atoms with Crippen molar-refractivity contribution in [3.05, 3.63) is 65.2 Å². The molecule has 0 saturated heterocycles. The smallest absolute Gasteiger partial charge is 0.193 e. The molecule has 3 nitrogen and oxygen atoms in total. The molecule has 0 bridgehead atoms. The first kappa shape index (κ1) is 15.0. The fourth-order valence-corrected chi connectivity index (χ4v) is 1.89. The predicted molar refractivity (Wildman–Crippen MR) is 81.8 cm³/mol. The second kappa shape index (κ2) is 6.84. The summed E-state index contributed by atoms with van der Waals surface area (Å²) in [6.07, 6.45) is 0.393. The number of ether oxygens (including phenoxy) is 1. The van der Waals surface area contributed by atoms with Crippen molar-refractivity contribution in [2.45, 2.75) is 20.3 Å². The molecular formula is C18H18O3. The molecule has 108 valence electrons. The summed E-state index contributed by atoms with van der Waals surface area (Å²) < 4.78 is 5.44. The predicted octanol–water partition coefficient (Wildman–Crippen LogP) is 3.58. The molecular weight excluding hydrogens is 264 g/mol. The van der Waals surface area contributed by atoms with Gasteiger partial charge in [0.1, 0.15) is 11.5 Å². The Morgan fingerprint density at radius 1 is 0.905 bits per heavy atom. The fourth-order valence-electron chi connectivity index (χ4n) is 1.89. The topological polar surface area (TPSA) is 43.4 Å². The molecule has 0 spiro atoms. The van der Waals surface area contributed by atoms with Gasteiger partial charge in [-0.3, -0.25) is 9.59 Å². The van der Waals surface area contributed by atoms with Gasteiger partial charge in [-0.1, -0.05) is 29.8 Å². The van der Waals surface area contributed by atoms with Crippen LogP contribution in [0.1, 0.15) is 34.8 Å². The van der Waals surface area contributed by atoms with Crippen molar-refractivity contribution in [2.24, 2.45) is 0 Å². The molecule has 21 heavy (non-hydrogen) atoms. The molecule has 3 heteroatoms. The molecule has 0 radical (unpaired) electrons. The third kappa shape index (κ3) is 4.28. The van der Waals surface area contributed by atoms with Gasteiger partial charge >= 0.3 is 0 Å².